The molecule has 0 aliphatic carbocycles. The Morgan fingerprint density at radius 1 is 1.53 bits per heavy atom. The van der Waals surface area contributed by atoms with Gasteiger partial charge in [-0.25, -0.2) is 0 Å². The number of carboxylic acid groups (broad SMARTS) is 1. The van der Waals surface area contributed by atoms with Crippen LogP contribution in [0.3, 0.4) is 0 Å². The molecule has 0 aromatic heterocycles. The molecule has 3 N–H and O–H groups in total. The van der Waals surface area contributed by atoms with Crippen molar-refractivity contribution in [3.8, 4) is 0 Å². The van der Waals surface area contributed by atoms with Crippen LogP contribution in [0.25, 0.3) is 0 Å². The van der Waals surface area contributed by atoms with Gasteiger partial charge in [0.15, 0.2) is 0 Å². The molecule has 15 heavy (non-hydrogen) atoms. The van der Waals surface area contributed by atoms with Crippen molar-refractivity contribution in [3.63, 3.8) is 0 Å². The maximum atomic E-state index is 10.9. The standard InChI is InChI=1S/C10H20N2O3/c1-15-8-2-5-12-6-3-10(11,4-7-12)9(13)14/h2-8,11H2,1H3,(H,13,14). The van der Waals surface area contributed by atoms with Crippen LogP contribution < -0.4 is 5.73 Å². The molecular formula is C10H20N2O3. The van der Waals surface area contributed by atoms with Gasteiger partial charge in [0.25, 0.3) is 0 Å². The fraction of sp³-hybridized carbons (Fsp3) is 0.900. The van der Waals surface area contributed by atoms with E-state index in [1.165, 1.54) is 0 Å². The summed E-state index contributed by atoms with van der Waals surface area (Å²) in [5.74, 6) is -0.876. The highest BCUT2D eigenvalue weighted by molar-refractivity contribution is 5.78. The summed E-state index contributed by atoms with van der Waals surface area (Å²) in [4.78, 5) is 13.1. The van der Waals surface area contributed by atoms with Gasteiger partial charge >= 0.3 is 5.97 Å². The third-order valence-corrected chi connectivity index (χ3v) is 3.00. The van der Waals surface area contributed by atoms with Crippen molar-refractivity contribution in [3.05, 3.63) is 0 Å². The highest BCUT2D eigenvalue weighted by atomic mass is 16.5. The molecule has 0 saturated carbocycles. The number of aliphatic carboxylic acids is 1. The second-order valence-corrected chi connectivity index (χ2v) is 4.15. The number of hydrogen-bond donors (Lipinski definition) is 2. The lowest BCUT2D eigenvalue weighted by atomic mass is 9.89. The Bertz CT molecular complexity index is 213. The molecule has 1 rings (SSSR count). The second kappa shape index (κ2) is 5.44. The van der Waals surface area contributed by atoms with E-state index >= 15 is 0 Å². The Labute approximate surface area is 90.2 Å². The quantitative estimate of drug-likeness (QED) is 0.628. The fourth-order valence-electron chi connectivity index (χ4n) is 1.82. The van der Waals surface area contributed by atoms with E-state index in [2.05, 4.69) is 4.90 Å². The van der Waals surface area contributed by atoms with Crippen LogP contribution in [-0.4, -0.2) is 54.9 Å². The maximum Gasteiger partial charge on any atom is 0.323 e. The van der Waals surface area contributed by atoms with Crippen LogP contribution >= 0.6 is 0 Å². The number of carboxylic acids is 1. The second-order valence-electron chi connectivity index (χ2n) is 4.15. The summed E-state index contributed by atoms with van der Waals surface area (Å²) in [6.07, 6.45) is 2.06. The molecule has 0 amide bonds. The van der Waals surface area contributed by atoms with Gasteiger partial charge in [0.1, 0.15) is 5.54 Å². The minimum atomic E-state index is -1.00. The van der Waals surface area contributed by atoms with Crippen LogP contribution in [-0.2, 0) is 9.53 Å². The topological polar surface area (TPSA) is 75.8 Å². The van der Waals surface area contributed by atoms with E-state index in [9.17, 15) is 4.79 Å². The first kappa shape index (κ1) is 12.4. The first-order chi connectivity index (χ1) is 7.08. The summed E-state index contributed by atoms with van der Waals surface area (Å²) < 4.78 is 4.97. The number of nitrogens with two attached hydrogens (primary N) is 1. The average Bonchev–Trinajstić information content (AvgIpc) is 2.21. The summed E-state index contributed by atoms with van der Waals surface area (Å²) in [5, 5.41) is 8.93. The zero-order valence-electron chi connectivity index (χ0n) is 9.24. The van der Waals surface area contributed by atoms with Crippen LogP contribution in [0.2, 0.25) is 0 Å². The Kier molecular flexibility index (Phi) is 4.50. The number of methoxy groups -OCH3 is 1. The van der Waals surface area contributed by atoms with Gasteiger partial charge in [-0.15, -0.1) is 0 Å². The number of likely N-dealkylation sites (tertiary alicyclic amines) is 1. The number of nitrogens with zero attached hydrogens (tertiary/aromatic N) is 1. The SMILES string of the molecule is COCCCN1CCC(N)(C(=O)O)CC1. The van der Waals surface area contributed by atoms with E-state index in [1.54, 1.807) is 7.11 Å². The summed E-state index contributed by atoms with van der Waals surface area (Å²) in [7, 11) is 1.69. The van der Waals surface area contributed by atoms with E-state index in [0.29, 0.717) is 12.8 Å². The Morgan fingerprint density at radius 3 is 2.60 bits per heavy atom. The highest BCUT2D eigenvalue weighted by Gasteiger charge is 2.37. The molecule has 1 heterocycles. The van der Waals surface area contributed by atoms with Gasteiger partial charge in [-0.1, -0.05) is 0 Å². The summed E-state index contributed by atoms with van der Waals surface area (Å²) in [5.41, 5.74) is 4.77. The Balaban J connectivity index is 2.26. The van der Waals surface area contributed by atoms with Gasteiger partial charge in [0.2, 0.25) is 0 Å². The molecule has 0 spiro atoms. The van der Waals surface area contributed by atoms with Crippen LogP contribution in [0.5, 0.6) is 0 Å². The zero-order valence-corrected chi connectivity index (χ0v) is 9.24. The third kappa shape index (κ3) is 3.44. The molecule has 1 fully saturated rings. The number of piperidine rings is 1. The van der Waals surface area contributed by atoms with E-state index < -0.39 is 11.5 Å². The van der Waals surface area contributed by atoms with Crippen LogP contribution in [0.1, 0.15) is 19.3 Å². The average molecular weight is 216 g/mol. The normalized spacial score (nSPS) is 21.5. The third-order valence-electron chi connectivity index (χ3n) is 3.00. The molecule has 5 heteroatoms. The molecule has 0 aromatic rings. The molecule has 0 unspecified atom stereocenters. The van der Waals surface area contributed by atoms with E-state index in [-0.39, 0.29) is 0 Å². The lowest BCUT2D eigenvalue weighted by Crippen LogP contribution is -2.55. The first-order valence-electron chi connectivity index (χ1n) is 5.32. The van der Waals surface area contributed by atoms with E-state index in [4.69, 9.17) is 15.6 Å². The van der Waals surface area contributed by atoms with Crippen LogP contribution in [0, 0.1) is 0 Å². The molecule has 1 saturated heterocycles. The van der Waals surface area contributed by atoms with Crippen molar-refractivity contribution in [2.24, 2.45) is 5.73 Å². The first-order valence-corrected chi connectivity index (χ1v) is 5.32. The molecule has 5 nitrogen and oxygen atoms in total. The number of hydrogen-bond acceptors (Lipinski definition) is 4. The van der Waals surface area contributed by atoms with Crippen molar-refractivity contribution >= 4 is 5.97 Å². The van der Waals surface area contributed by atoms with Gasteiger partial charge < -0.3 is 20.5 Å². The predicted octanol–water partition coefficient (Wildman–Crippen LogP) is -0.0992. The summed E-state index contributed by atoms with van der Waals surface area (Å²) >= 11 is 0. The number of carbonyl (C=O) groups is 1. The van der Waals surface area contributed by atoms with Gasteiger partial charge in [-0.05, 0) is 19.3 Å². The number of rotatable bonds is 5. The van der Waals surface area contributed by atoms with Gasteiger partial charge in [0.05, 0.1) is 0 Å². The molecule has 1 aliphatic rings. The molecule has 88 valence electrons. The lowest BCUT2D eigenvalue weighted by molar-refractivity contribution is -0.145. The largest absolute Gasteiger partial charge is 0.480 e. The summed E-state index contributed by atoms with van der Waals surface area (Å²) in [6.45, 7) is 3.26. The van der Waals surface area contributed by atoms with Crippen molar-refractivity contribution < 1.29 is 14.6 Å². The van der Waals surface area contributed by atoms with Crippen molar-refractivity contribution in [1.82, 2.24) is 4.90 Å². The molecular weight excluding hydrogens is 196 g/mol. The van der Waals surface area contributed by atoms with Gasteiger partial charge in [-0.2, -0.15) is 0 Å². The van der Waals surface area contributed by atoms with Crippen LogP contribution in [0.4, 0.5) is 0 Å². The Morgan fingerprint density at radius 2 is 2.13 bits per heavy atom. The maximum absolute atomic E-state index is 10.9. The smallest absolute Gasteiger partial charge is 0.323 e. The minimum absolute atomic E-state index is 0.537. The molecule has 0 atom stereocenters. The summed E-state index contributed by atoms with van der Waals surface area (Å²) in [6, 6.07) is 0. The molecule has 1 aliphatic heterocycles. The van der Waals surface area contributed by atoms with Crippen molar-refractivity contribution in [1.29, 1.82) is 0 Å². The van der Waals surface area contributed by atoms with Crippen molar-refractivity contribution in [2.75, 3.05) is 33.4 Å². The zero-order chi connectivity index (χ0) is 11.3. The van der Waals surface area contributed by atoms with Crippen LogP contribution in [0.15, 0.2) is 0 Å². The number of ether oxygens (including phenoxy) is 1. The van der Waals surface area contributed by atoms with E-state index in [0.717, 1.165) is 32.7 Å². The van der Waals surface area contributed by atoms with Gasteiger partial charge in [-0.3, -0.25) is 4.79 Å². The molecule has 0 bridgehead atoms. The lowest BCUT2D eigenvalue weighted by Gasteiger charge is -2.36. The minimum Gasteiger partial charge on any atom is -0.480 e. The molecule has 0 radical (unpaired) electrons. The van der Waals surface area contributed by atoms with Crippen molar-refractivity contribution in [2.45, 2.75) is 24.8 Å². The van der Waals surface area contributed by atoms with Gasteiger partial charge in [0, 0.05) is 33.4 Å². The monoisotopic (exact) mass is 216 g/mol. The van der Waals surface area contributed by atoms with E-state index in [1.807, 2.05) is 0 Å². The predicted molar refractivity (Wildman–Crippen MR) is 56.7 cm³/mol. The highest BCUT2D eigenvalue weighted by Crippen LogP contribution is 2.19. The Hall–Kier alpha value is -0.650. The fourth-order valence-corrected chi connectivity index (χ4v) is 1.82. The molecule has 0 aromatic carbocycles.